The topological polar surface area (TPSA) is 18.5 Å². The quantitative estimate of drug-likeness (QED) is 0.228. The molecular formula is C25H30BrO2P. The first-order chi connectivity index (χ1) is 13.9. The summed E-state index contributed by atoms with van der Waals surface area (Å²) in [7, 11) is 1.68. The maximum atomic E-state index is 6.00. The molecule has 0 unspecified atom stereocenters. The number of benzene rings is 3. The summed E-state index contributed by atoms with van der Waals surface area (Å²) in [4.78, 5) is 0. The Morgan fingerprint density at radius 1 is 0.724 bits per heavy atom. The van der Waals surface area contributed by atoms with E-state index in [1.807, 2.05) is 13.8 Å². The molecule has 0 aliphatic heterocycles. The zero-order chi connectivity index (χ0) is 20.8. The average Bonchev–Trinajstić information content (AvgIpc) is 2.78. The van der Waals surface area contributed by atoms with Crippen molar-refractivity contribution in [3.05, 3.63) is 91.0 Å². The first-order valence-corrected chi connectivity index (χ1v) is 14.4. The van der Waals surface area contributed by atoms with Gasteiger partial charge in [0, 0.05) is 0 Å². The van der Waals surface area contributed by atoms with Gasteiger partial charge in [-0.15, -0.1) is 0 Å². The summed E-state index contributed by atoms with van der Waals surface area (Å²) in [6.07, 6.45) is 1.87. The third kappa shape index (κ3) is 4.49. The van der Waals surface area contributed by atoms with Crippen molar-refractivity contribution in [2.24, 2.45) is 0 Å². The second kappa shape index (κ2) is 9.10. The predicted molar refractivity (Wildman–Crippen MR) is 131 cm³/mol. The van der Waals surface area contributed by atoms with Gasteiger partial charge in [0.1, 0.15) is 0 Å². The SMILES string of the molecule is COC(C)(C)OCCCP(Br)(c1ccccc1)(c1ccccc1)c1ccccc1. The number of hydrogen-bond donors (Lipinski definition) is 0. The van der Waals surface area contributed by atoms with Gasteiger partial charge in [-0.25, -0.2) is 0 Å². The second-order valence-corrected chi connectivity index (χ2v) is 16.8. The molecule has 0 amide bonds. The number of hydrogen-bond acceptors (Lipinski definition) is 2. The fourth-order valence-corrected chi connectivity index (χ4v) is 11.4. The summed E-state index contributed by atoms with van der Waals surface area (Å²) < 4.78 is 11.4. The van der Waals surface area contributed by atoms with Gasteiger partial charge in [0.25, 0.3) is 0 Å². The first-order valence-electron chi connectivity index (χ1n) is 9.99. The van der Waals surface area contributed by atoms with E-state index < -0.39 is 11.1 Å². The van der Waals surface area contributed by atoms with Gasteiger partial charge in [-0.05, 0) is 0 Å². The van der Waals surface area contributed by atoms with Crippen LogP contribution in [-0.2, 0) is 9.47 Å². The minimum absolute atomic E-state index is 0.574. The van der Waals surface area contributed by atoms with Crippen molar-refractivity contribution in [1.29, 1.82) is 0 Å². The molecule has 0 fully saturated rings. The molecule has 154 valence electrons. The molecular weight excluding hydrogens is 443 g/mol. The molecule has 0 aliphatic carbocycles. The van der Waals surface area contributed by atoms with E-state index in [1.54, 1.807) is 7.11 Å². The fourth-order valence-electron chi connectivity index (χ4n) is 3.79. The van der Waals surface area contributed by atoms with Crippen LogP contribution >= 0.6 is 20.8 Å². The van der Waals surface area contributed by atoms with E-state index in [2.05, 4.69) is 106 Å². The molecule has 4 heteroatoms. The van der Waals surface area contributed by atoms with Crippen LogP contribution < -0.4 is 15.9 Å². The molecule has 0 atom stereocenters. The van der Waals surface area contributed by atoms with E-state index >= 15 is 0 Å². The van der Waals surface area contributed by atoms with E-state index in [1.165, 1.54) is 15.9 Å². The average molecular weight is 473 g/mol. The summed E-state index contributed by atoms with van der Waals surface area (Å²) in [5.74, 6) is -0.574. The van der Waals surface area contributed by atoms with Gasteiger partial charge in [-0.1, -0.05) is 0 Å². The molecule has 2 nitrogen and oxygen atoms in total. The van der Waals surface area contributed by atoms with Crippen molar-refractivity contribution in [2.75, 3.05) is 19.9 Å². The molecule has 3 aromatic rings. The molecule has 0 heterocycles. The Hall–Kier alpha value is -1.51. The van der Waals surface area contributed by atoms with E-state index in [0.717, 1.165) is 12.6 Å². The van der Waals surface area contributed by atoms with Crippen LogP contribution in [0.1, 0.15) is 20.3 Å². The molecule has 3 rings (SSSR count). The molecule has 29 heavy (non-hydrogen) atoms. The van der Waals surface area contributed by atoms with Gasteiger partial charge in [-0.3, -0.25) is 0 Å². The second-order valence-electron chi connectivity index (χ2n) is 7.72. The van der Waals surface area contributed by atoms with Crippen molar-refractivity contribution in [3.63, 3.8) is 0 Å². The molecule has 0 saturated carbocycles. The van der Waals surface area contributed by atoms with E-state index in [-0.39, 0.29) is 0 Å². The van der Waals surface area contributed by atoms with Crippen molar-refractivity contribution in [3.8, 4) is 0 Å². The molecule has 0 N–H and O–H groups in total. The van der Waals surface area contributed by atoms with Crippen LogP contribution in [0.4, 0.5) is 0 Å². The van der Waals surface area contributed by atoms with Crippen LogP contribution in [0.3, 0.4) is 0 Å². The standard InChI is InChI=1S/C25H30BrO2P/c1-25(2,27-3)28-20-13-21-29(26,22-14-7-4-8-15-22,23-16-9-5-10-17-23)24-18-11-6-12-19-24/h4-12,14-19H,13,20-21H2,1-3H3. The summed E-state index contributed by atoms with van der Waals surface area (Å²) >= 11 is 4.46. The van der Waals surface area contributed by atoms with Crippen molar-refractivity contribution >= 4 is 36.7 Å². The third-order valence-electron chi connectivity index (χ3n) is 5.55. The molecule has 0 spiro atoms. The van der Waals surface area contributed by atoms with Crippen LogP contribution in [0, 0.1) is 0 Å². The Kier molecular flexibility index (Phi) is 6.96. The summed E-state index contributed by atoms with van der Waals surface area (Å²) in [5, 5.41) is 1.15. The van der Waals surface area contributed by atoms with Gasteiger partial charge in [0.05, 0.1) is 0 Å². The number of ether oxygens (including phenoxy) is 2. The van der Waals surface area contributed by atoms with Crippen LogP contribution in [0.15, 0.2) is 91.0 Å². The molecule has 3 aromatic carbocycles. The summed E-state index contributed by atoms with van der Waals surface area (Å²) in [5.41, 5.74) is 0. The van der Waals surface area contributed by atoms with Crippen LogP contribution in [-0.4, -0.2) is 25.7 Å². The Morgan fingerprint density at radius 3 is 1.45 bits per heavy atom. The number of halogens is 1. The maximum absolute atomic E-state index is 6.00. The molecule has 0 bridgehead atoms. The Labute approximate surface area is 182 Å². The molecule has 0 saturated heterocycles. The fraction of sp³-hybridized carbons (Fsp3) is 0.280. The van der Waals surface area contributed by atoms with Crippen molar-refractivity contribution in [1.82, 2.24) is 0 Å². The Morgan fingerprint density at radius 2 is 1.10 bits per heavy atom. The summed E-state index contributed by atoms with van der Waals surface area (Å²) in [6.45, 7) is 4.54. The number of methoxy groups -OCH3 is 1. The molecule has 0 aliphatic rings. The van der Waals surface area contributed by atoms with E-state index in [9.17, 15) is 0 Å². The minimum atomic E-state index is -2.85. The van der Waals surface area contributed by atoms with Gasteiger partial charge < -0.3 is 0 Å². The Bertz CT molecular complexity index is 798. The first kappa shape index (κ1) is 22.2. The molecule has 0 radical (unpaired) electrons. The van der Waals surface area contributed by atoms with Gasteiger partial charge in [-0.2, -0.15) is 0 Å². The number of rotatable bonds is 9. The molecule has 0 aromatic heterocycles. The summed E-state index contributed by atoms with van der Waals surface area (Å²) in [6, 6.07) is 32.6. The van der Waals surface area contributed by atoms with Crippen LogP contribution in [0.5, 0.6) is 0 Å². The monoisotopic (exact) mass is 472 g/mol. The Balaban J connectivity index is 2.12. The van der Waals surface area contributed by atoms with E-state index in [0.29, 0.717) is 6.61 Å². The van der Waals surface area contributed by atoms with Crippen LogP contribution in [0.2, 0.25) is 0 Å². The van der Waals surface area contributed by atoms with Crippen LogP contribution in [0.25, 0.3) is 0 Å². The normalized spacial score (nSPS) is 13.6. The van der Waals surface area contributed by atoms with Crippen molar-refractivity contribution in [2.45, 2.75) is 26.1 Å². The zero-order valence-electron chi connectivity index (χ0n) is 17.4. The van der Waals surface area contributed by atoms with Gasteiger partial charge in [0.2, 0.25) is 0 Å². The van der Waals surface area contributed by atoms with E-state index in [4.69, 9.17) is 9.47 Å². The zero-order valence-corrected chi connectivity index (χ0v) is 19.9. The van der Waals surface area contributed by atoms with Gasteiger partial charge in [0.15, 0.2) is 0 Å². The predicted octanol–water partition coefficient (Wildman–Crippen LogP) is 5.62. The third-order valence-corrected chi connectivity index (χ3v) is 15.6. The van der Waals surface area contributed by atoms with Crippen molar-refractivity contribution < 1.29 is 9.47 Å². The van der Waals surface area contributed by atoms with Gasteiger partial charge >= 0.3 is 183 Å².